The van der Waals surface area contributed by atoms with Crippen molar-refractivity contribution in [2.24, 2.45) is 0 Å². The topological polar surface area (TPSA) is 70.7 Å². The standard InChI is InChI=1S/C15H19F2N3O3/c1-15(2,3)23-14(22)20-7-10(8-20)18-13(21)19-12-5-4-9(16)6-11(12)17/h4-6,10H,7-8H2,1-3H3,(H2,18,19,21). The molecule has 0 saturated carbocycles. The lowest BCUT2D eigenvalue weighted by atomic mass is 10.1. The van der Waals surface area contributed by atoms with Crippen molar-refractivity contribution in [3.05, 3.63) is 29.8 Å². The highest BCUT2D eigenvalue weighted by molar-refractivity contribution is 5.89. The number of halogens is 2. The van der Waals surface area contributed by atoms with Crippen molar-refractivity contribution in [1.29, 1.82) is 0 Å². The average Bonchev–Trinajstić information content (AvgIpc) is 2.34. The summed E-state index contributed by atoms with van der Waals surface area (Å²) < 4.78 is 31.4. The Bertz CT molecular complexity index is 610. The third-order valence-electron chi connectivity index (χ3n) is 3.05. The molecule has 1 aromatic rings. The van der Waals surface area contributed by atoms with Gasteiger partial charge in [0.05, 0.1) is 11.7 Å². The maximum atomic E-state index is 13.4. The smallest absolute Gasteiger partial charge is 0.410 e. The zero-order valence-corrected chi connectivity index (χ0v) is 13.2. The van der Waals surface area contributed by atoms with E-state index in [0.29, 0.717) is 19.2 Å². The molecule has 0 unspecified atom stereocenters. The summed E-state index contributed by atoms with van der Waals surface area (Å²) in [5.41, 5.74) is -0.695. The molecular weight excluding hydrogens is 308 g/mol. The lowest BCUT2D eigenvalue weighted by molar-refractivity contribution is 0.00649. The van der Waals surface area contributed by atoms with Gasteiger partial charge in [0.2, 0.25) is 0 Å². The number of anilines is 1. The molecule has 1 heterocycles. The maximum absolute atomic E-state index is 13.4. The predicted octanol–water partition coefficient (Wildman–Crippen LogP) is 2.71. The summed E-state index contributed by atoms with van der Waals surface area (Å²) >= 11 is 0. The maximum Gasteiger partial charge on any atom is 0.410 e. The van der Waals surface area contributed by atoms with Gasteiger partial charge < -0.3 is 20.3 Å². The first-order valence-electron chi connectivity index (χ1n) is 7.14. The highest BCUT2D eigenvalue weighted by atomic mass is 19.1. The third-order valence-corrected chi connectivity index (χ3v) is 3.05. The number of hydrogen-bond acceptors (Lipinski definition) is 3. The molecule has 2 rings (SSSR count). The molecule has 0 radical (unpaired) electrons. The van der Waals surface area contributed by atoms with Crippen molar-refractivity contribution in [3.8, 4) is 0 Å². The number of ether oxygens (including phenoxy) is 1. The monoisotopic (exact) mass is 327 g/mol. The van der Waals surface area contributed by atoms with Crippen molar-refractivity contribution < 1.29 is 23.1 Å². The molecule has 0 atom stereocenters. The number of benzene rings is 1. The SMILES string of the molecule is CC(C)(C)OC(=O)N1CC(NC(=O)Nc2ccc(F)cc2F)C1. The van der Waals surface area contributed by atoms with Gasteiger partial charge in [-0.2, -0.15) is 0 Å². The minimum absolute atomic E-state index is 0.118. The van der Waals surface area contributed by atoms with Crippen LogP contribution < -0.4 is 10.6 Å². The largest absolute Gasteiger partial charge is 0.444 e. The highest BCUT2D eigenvalue weighted by Crippen LogP contribution is 2.17. The van der Waals surface area contributed by atoms with E-state index < -0.39 is 29.4 Å². The van der Waals surface area contributed by atoms with Gasteiger partial charge in [-0.15, -0.1) is 0 Å². The fourth-order valence-electron chi connectivity index (χ4n) is 1.98. The zero-order chi connectivity index (χ0) is 17.2. The summed E-state index contributed by atoms with van der Waals surface area (Å²) in [6.45, 7) is 5.93. The Hall–Kier alpha value is -2.38. The summed E-state index contributed by atoms with van der Waals surface area (Å²) in [6, 6.07) is 2.00. The van der Waals surface area contributed by atoms with Crippen LogP contribution in [0.3, 0.4) is 0 Å². The van der Waals surface area contributed by atoms with Gasteiger partial charge in [-0.25, -0.2) is 18.4 Å². The van der Waals surface area contributed by atoms with Crippen LogP contribution in [-0.2, 0) is 4.74 Å². The molecule has 1 saturated heterocycles. The predicted molar refractivity (Wildman–Crippen MR) is 80.1 cm³/mol. The number of carbonyl (C=O) groups excluding carboxylic acids is 2. The van der Waals surface area contributed by atoms with Crippen LogP contribution >= 0.6 is 0 Å². The van der Waals surface area contributed by atoms with Crippen LogP contribution in [0, 0.1) is 11.6 Å². The van der Waals surface area contributed by atoms with Gasteiger partial charge in [0.25, 0.3) is 0 Å². The van der Waals surface area contributed by atoms with E-state index in [4.69, 9.17) is 4.74 Å². The van der Waals surface area contributed by atoms with Crippen molar-refractivity contribution in [2.75, 3.05) is 18.4 Å². The second-order valence-electron chi connectivity index (χ2n) is 6.30. The molecule has 0 bridgehead atoms. The molecule has 1 aliphatic rings. The van der Waals surface area contributed by atoms with Crippen molar-refractivity contribution in [2.45, 2.75) is 32.4 Å². The molecule has 1 aromatic carbocycles. The molecule has 1 aliphatic heterocycles. The Balaban J connectivity index is 1.77. The molecule has 1 fully saturated rings. The number of nitrogens with zero attached hydrogens (tertiary/aromatic N) is 1. The molecule has 2 N–H and O–H groups in total. The third kappa shape index (κ3) is 4.80. The zero-order valence-electron chi connectivity index (χ0n) is 13.2. The van der Waals surface area contributed by atoms with E-state index in [-0.39, 0.29) is 11.7 Å². The van der Waals surface area contributed by atoms with Crippen LogP contribution in [0.5, 0.6) is 0 Å². The molecule has 0 spiro atoms. The van der Waals surface area contributed by atoms with E-state index >= 15 is 0 Å². The molecule has 8 heteroatoms. The van der Waals surface area contributed by atoms with Gasteiger partial charge >= 0.3 is 12.1 Å². The minimum Gasteiger partial charge on any atom is -0.444 e. The van der Waals surface area contributed by atoms with Crippen molar-refractivity contribution >= 4 is 17.8 Å². The minimum atomic E-state index is -0.857. The first kappa shape index (κ1) is 17.0. The Morgan fingerprint density at radius 3 is 2.48 bits per heavy atom. The van der Waals surface area contributed by atoms with E-state index in [9.17, 15) is 18.4 Å². The summed E-state index contributed by atoms with van der Waals surface area (Å²) in [7, 11) is 0. The fraction of sp³-hybridized carbons (Fsp3) is 0.467. The van der Waals surface area contributed by atoms with Crippen LogP contribution in [0.4, 0.5) is 24.1 Å². The van der Waals surface area contributed by atoms with E-state index in [1.165, 1.54) is 4.90 Å². The van der Waals surface area contributed by atoms with Gasteiger partial charge in [-0.3, -0.25) is 0 Å². The fourth-order valence-corrected chi connectivity index (χ4v) is 1.98. The summed E-state index contributed by atoms with van der Waals surface area (Å²) in [6.07, 6.45) is -0.444. The van der Waals surface area contributed by atoms with Gasteiger partial charge in [0.1, 0.15) is 17.2 Å². The second kappa shape index (κ2) is 6.39. The number of rotatable bonds is 2. The van der Waals surface area contributed by atoms with E-state index in [1.54, 1.807) is 20.8 Å². The first-order valence-corrected chi connectivity index (χ1v) is 7.14. The average molecular weight is 327 g/mol. The number of hydrogen-bond donors (Lipinski definition) is 2. The van der Waals surface area contributed by atoms with Crippen LogP contribution in [0.25, 0.3) is 0 Å². The lowest BCUT2D eigenvalue weighted by Crippen LogP contribution is -2.62. The summed E-state index contributed by atoms with van der Waals surface area (Å²) in [5.74, 6) is -1.58. The Kier molecular flexibility index (Phi) is 4.72. The Morgan fingerprint density at radius 1 is 1.26 bits per heavy atom. The van der Waals surface area contributed by atoms with Gasteiger partial charge in [0.15, 0.2) is 0 Å². The molecular formula is C15H19F2N3O3. The molecule has 23 heavy (non-hydrogen) atoms. The van der Waals surface area contributed by atoms with Crippen molar-refractivity contribution in [1.82, 2.24) is 10.2 Å². The molecule has 6 nitrogen and oxygen atoms in total. The number of amides is 3. The Morgan fingerprint density at radius 2 is 1.91 bits per heavy atom. The van der Waals surface area contributed by atoms with Gasteiger partial charge in [0, 0.05) is 19.2 Å². The normalized spacial score (nSPS) is 14.9. The van der Waals surface area contributed by atoms with Crippen LogP contribution in [-0.4, -0.2) is 41.8 Å². The number of nitrogens with one attached hydrogen (secondary N) is 2. The van der Waals surface area contributed by atoms with Crippen molar-refractivity contribution in [3.63, 3.8) is 0 Å². The second-order valence-corrected chi connectivity index (χ2v) is 6.30. The van der Waals surface area contributed by atoms with Crippen LogP contribution in [0.1, 0.15) is 20.8 Å². The van der Waals surface area contributed by atoms with E-state index in [2.05, 4.69) is 10.6 Å². The van der Waals surface area contributed by atoms with Gasteiger partial charge in [-0.1, -0.05) is 0 Å². The summed E-state index contributed by atoms with van der Waals surface area (Å²) in [4.78, 5) is 24.9. The molecule has 126 valence electrons. The van der Waals surface area contributed by atoms with Crippen LogP contribution in [0.2, 0.25) is 0 Å². The van der Waals surface area contributed by atoms with E-state index in [1.807, 2.05) is 0 Å². The van der Waals surface area contributed by atoms with E-state index in [0.717, 1.165) is 12.1 Å². The molecule has 3 amide bonds. The Labute approximate surface area is 132 Å². The quantitative estimate of drug-likeness (QED) is 0.877. The summed E-state index contributed by atoms with van der Waals surface area (Å²) in [5, 5.41) is 4.89. The number of carbonyl (C=O) groups is 2. The number of likely N-dealkylation sites (tertiary alicyclic amines) is 1. The van der Waals surface area contributed by atoms with Gasteiger partial charge in [-0.05, 0) is 32.9 Å². The number of urea groups is 1. The first-order chi connectivity index (χ1) is 10.6. The lowest BCUT2D eigenvalue weighted by Gasteiger charge is -2.39. The molecule has 0 aliphatic carbocycles. The highest BCUT2D eigenvalue weighted by Gasteiger charge is 2.34. The molecule has 0 aromatic heterocycles. The van der Waals surface area contributed by atoms with Crippen LogP contribution in [0.15, 0.2) is 18.2 Å².